The zero-order chi connectivity index (χ0) is 15.7. The number of aliphatic hydroxyl groups excluding tert-OH is 1. The molecule has 1 atom stereocenters. The lowest BCUT2D eigenvalue weighted by atomic mass is 10.1. The van der Waals surface area contributed by atoms with Crippen molar-refractivity contribution in [2.45, 2.75) is 33.4 Å². The van der Waals surface area contributed by atoms with Crippen molar-refractivity contribution < 1.29 is 9.84 Å². The third-order valence-corrected chi connectivity index (χ3v) is 4.76. The van der Waals surface area contributed by atoms with Crippen LogP contribution in [0.2, 0.25) is 0 Å². The minimum atomic E-state index is -0.354. The molecule has 1 N–H and O–H groups in total. The van der Waals surface area contributed by atoms with Gasteiger partial charge in [0, 0.05) is 36.2 Å². The highest BCUT2D eigenvalue weighted by Crippen LogP contribution is 2.26. The van der Waals surface area contributed by atoms with Gasteiger partial charge in [0.05, 0.1) is 25.9 Å². The van der Waals surface area contributed by atoms with Crippen molar-refractivity contribution in [1.29, 1.82) is 0 Å². The molecule has 1 fully saturated rings. The van der Waals surface area contributed by atoms with E-state index in [0.717, 1.165) is 26.3 Å². The number of aromatic nitrogens is 1. The Morgan fingerprint density at radius 3 is 2.59 bits per heavy atom. The van der Waals surface area contributed by atoms with Gasteiger partial charge in [-0.15, -0.1) is 0 Å². The van der Waals surface area contributed by atoms with Crippen LogP contribution in [0.5, 0.6) is 0 Å². The standard InChI is InChI=1S/C18H26N2O2/c1-13-4-5-17-14(2)15(3)20(18(17)10-13)12-16(21)11-19-6-8-22-9-7-19/h4-5,10,16,21H,6-9,11-12H2,1-3H3. The molecule has 1 unspecified atom stereocenters. The molecule has 0 bridgehead atoms. The van der Waals surface area contributed by atoms with Gasteiger partial charge in [-0.2, -0.15) is 0 Å². The second-order valence-electron chi connectivity index (χ2n) is 6.41. The summed E-state index contributed by atoms with van der Waals surface area (Å²) >= 11 is 0. The maximum Gasteiger partial charge on any atom is 0.0845 e. The molecule has 22 heavy (non-hydrogen) atoms. The van der Waals surface area contributed by atoms with E-state index in [1.54, 1.807) is 0 Å². The first kappa shape index (κ1) is 15.5. The lowest BCUT2D eigenvalue weighted by Crippen LogP contribution is -2.42. The Balaban J connectivity index is 1.80. The van der Waals surface area contributed by atoms with Gasteiger partial charge in [0.25, 0.3) is 0 Å². The van der Waals surface area contributed by atoms with E-state index >= 15 is 0 Å². The van der Waals surface area contributed by atoms with Crippen LogP contribution in [0.25, 0.3) is 10.9 Å². The van der Waals surface area contributed by atoms with Crippen molar-refractivity contribution in [2.24, 2.45) is 0 Å². The molecular weight excluding hydrogens is 276 g/mol. The first-order valence-electron chi connectivity index (χ1n) is 8.10. The Labute approximate surface area is 132 Å². The molecule has 0 aliphatic carbocycles. The fraction of sp³-hybridized carbons (Fsp3) is 0.556. The van der Waals surface area contributed by atoms with E-state index in [9.17, 15) is 5.11 Å². The molecular formula is C18H26N2O2. The number of rotatable bonds is 4. The molecule has 1 aromatic carbocycles. The van der Waals surface area contributed by atoms with Crippen LogP contribution in [0.3, 0.4) is 0 Å². The van der Waals surface area contributed by atoms with Crippen LogP contribution in [-0.2, 0) is 11.3 Å². The SMILES string of the molecule is Cc1ccc2c(C)c(C)n(CC(O)CN3CCOCC3)c2c1. The van der Waals surface area contributed by atoms with Gasteiger partial charge in [0.1, 0.15) is 0 Å². The molecule has 1 aliphatic heterocycles. The number of morpholine rings is 1. The summed E-state index contributed by atoms with van der Waals surface area (Å²) in [7, 11) is 0. The molecule has 1 aromatic heterocycles. The quantitative estimate of drug-likeness (QED) is 0.941. The number of hydrogen-bond donors (Lipinski definition) is 1. The van der Waals surface area contributed by atoms with E-state index in [0.29, 0.717) is 13.1 Å². The number of aliphatic hydroxyl groups is 1. The molecule has 1 aliphatic rings. The molecule has 4 nitrogen and oxygen atoms in total. The number of β-amino-alcohol motifs (C(OH)–C–C–N with tert-alkyl or cyclic N) is 1. The summed E-state index contributed by atoms with van der Waals surface area (Å²) in [4.78, 5) is 2.29. The first-order chi connectivity index (χ1) is 10.6. The largest absolute Gasteiger partial charge is 0.390 e. The summed E-state index contributed by atoms with van der Waals surface area (Å²) in [6.45, 7) is 11.2. The van der Waals surface area contributed by atoms with Crippen LogP contribution in [0, 0.1) is 20.8 Å². The zero-order valence-corrected chi connectivity index (χ0v) is 13.8. The van der Waals surface area contributed by atoms with Crippen LogP contribution >= 0.6 is 0 Å². The number of ether oxygens (including phenoxy) is 1. The van der Waals surface area contributed by atoms with Gasteiger partial charge < -0.3 is 14.4 Å². The summed E-state index contributed by atoms with van der Waals surface area (Å²) in [6.07, 6.45) is -0.354. The van der Waals surface area contributed by atoms with Crippen molar-refractivity contribution in [3.05, 3.63) is 35.0 Å². The fourth-order valence-corrected chi connectivity index (χ4v) is 3.35. The molecule has 4 heteroatoms. The number of fused-ring (bicyclic) bond motifs is 1. The predicted molar refractivity (Wildman–Crippen MR) is 89.4 cm³/mol. The summed E-state index contributed by atoms with van der Waals surface area (Å²) in [5.74, 6) is 0. The predicted octanol–water partition coefficient (Wildman–Crippen LogP) is 2.26. The van der Waals surface area contributed by atoms with Gasteiger partial charge in [0.2, 0.25) is 0 Å². The summed E-state index contributed by atoms with van der Waals surface area (Å²) in [6, 6.07) is 6.57. The van der Waals surface area contributed by atoms with E-state index in [4.69, 9.17) is 4.74 Å². The van der Waals surface area contributed by atoms with Gasteiger partial charge in [-0.25, -0.2) is 0 Å². The van der Waals surface area contributed by atoms with Gasteiger partial charge in [-0.05, 0) is 38.0 Å². The van der Waals surface area contributed by atoms with Crippen molar-refractivity contribution in [1.82, 2.24) is 9.47 Å². The molecule has 3 rings (SSSR count). The topological polar surface area (TPSA) is 37.6 Å². The molecule has 0 spiro atoms. The average molecular weight is 302 g/mol. The number of hydrogen-bond acceptors (Lipinski definition) is 3. The fourth-order valence-electron chi connectivity index (χ4n) is 3.35. The van der Waals surface area contributed by atoms with E-state index in [1.165, 1.54) is 27.7 Å². The van der Waals surface area contributed by atoms with Gasteiger partial charge in [-0.1, -0.05) is 12.1 Å². The smallest absolute Gasteiger partial charge is 0.0845 e. The van der Waals surface area contributed by atoms with Crippen LogP contribution in [0.15, 0.2) is 18.2 Å². The van der Waals surface area contributed by atoms with Crippen LogP contribution in [0.4, 0.5) is 0 Å². The molecule has 120 valence electrons. The lowest BCUT2D eigenvalue weighted by molar-refractivity contribution is 0.0116. The van der Waals surface area contributed by atoms with Crippen molar-refractivity contribution >= 4 is 10.9 Å². The highest BCUT2D eigenvalue weighted by atomic mass is 16.5. The summed E-state index contributed by atoms with van der Waals surface area (Å²) in [5, 5.41) is 11.8. The van der Waals surface area contributed by atoms with E-state index < -0.39 is 0 Å². The Morgan fingerprint density at radius 1 is 1.14 bits per heavy atom. The van der Waals surface area contributed by atoms with Gasteiger partial charge >= 0.3 is 0 Å². The maximum absolute atomic E-state index is 10.5. The maximum atomic E-state index is 10.5. The summed E-state index contributed by atoms with van der Waals surface area (Å²) < 4.78 is 7.63. The van der Waals surface area contributed by atoms with Gasteiger partial charge in [0.15, 0.2) is 0 Å². The Bertz CT molecular complexity index is 657. The Kier molecular flexibility index (Phi) is 4.52. The zero-order valence-electron chi connectivity index (χ0n) is 13.8. The van der Waals surface area contributed by atoms with E-state index in [1.807, 2.05) is 0 Å². The van der Waals surface area contributed by atoms with Crippen LogP contribution < -0.4 is 0 Å². The molecule has 0 saturated carbocycles. The second kappa shape index (κ2) is 6.41. The van der Waals surface area contributed by atoms with Gasteiger partial charge in [-0.3, -0.25) is 4.90 Å². The van der Waals surface area contributed by atoms with Crippen LogP contribution in [-0.4, -0.2) is 53.5 Å². The third kappa shape index (κ3) is 3.05. The monoisotopic (exact) mass is 302 g/mol. The van der Waals surface area contributed by atoms with E-state index in [-0.39, 0.29) is 6.10 Å². The average Bonchev–Trinajstić information content (AvgIpc) is 2.73. The molecule has 0 radical (unpaired) electrons. The second-order valence-corrected chi connectivity index (χ2v) is 6.41. The normalized spacial score (nSPS) is 18.0. The van der Waals surface area contributed by atoms with Crippen molar-refractivity contribution in [2.75, 3.05) is 32.8 Å². The van der Waals surface area contributed by atoms with Crippen LogP contribution in [0.1, 0.15) is 16.8 Å². The highest BCUT2D eigenvalue weighted by molar-refractivity contribution is 5.85. The Hall–Kier alpha value is -1.36. The minimum Gasteiger partial charge on any atom is -0.390 e. The lowest BCUT2D eigenvalue weighted by Gasteiger charge is -2.29. The first-order valence-corrected chi connectivity index (χ1v) is 8.10. The molecule has 2 heterocycles. The molecule has 2 aromatic rings. The van der Waals surface area contributed by atoms with Crippen molar-refractivity contribution in [3.63, 3.8) is 0 Å². The Morgan fingerprint density at radius 2 is 1.86 bits per heavy atom. The minimum absolute atomic E-state index is 0.354. The van der Waals surface area contributed by atoms with E-state index in [2.05, 4.69) is 48.4 Å². The third-order valence-electron chi connectivity index (χ3n) is 4.76. The number of benzene rings is 1. The highest BCUT2D eigenvalue weighted by Gasteiger charge is 2.18. The molecule has 0 amide bonds. The molecule has 1 saturated heterocycles. The summed E-state index contributed by atoms with van der Waals surface area (Å²) in [5.41, 5.74) is 5.06. The number of aryl methyl sites for hydroxylation is 2. The number of nitrogens with zero attached hydrogens (tertiary/aromatic N) is 2. The van der Waals surface area contributed by atoms with Crippen molar-refractivity contribution in [3.8, 4) is 0 Å².